The standard InChI is InChI=1S/C15H21NO4/c1-19-14(17)9-10-16(12-6-3-2-4-7-12)15(18)13-8-5-11-20-13/h5,8,11-12H,2-4,6-7,9-10H2,1H3. The van der Waals surface area contributed by atoms with Crippen LogP contribution in [0.15, 0.2) is 22.8 Å². The molecule has 0 atom stereocenters. The highest BCUT2D eigenvalue weighted by molar-refractivity contribution is 5.91. The van der Waals surface area contributed by atoms with Crippen molar-refractivity contribution in [1.29, 1.82) is 0 Å². The molecule has 1 aromatic heterocycles. The third-order valence-electron chi connectivity index (χ3n) is 3.79. The topological polar surface area (TPSA) is 59.8 Å². The quantitative estimate of drug-likeness (QED) is 0.777. The fraction of sp³-hybridized carbons (Fsp3) is 0.600. The summed E-state index contributed by atoms with van der Waals surface area (Å²) in [4.78, 5) is 25.6. The van der Waals surface area contributed by atoms with Gasteiger partial charge in [0.05, 0.1) is 19.8 Å². The summed E-state index contributed by atoms with van der Waals surface area (Å²) in [5.74, 6) is -0.0932. The number of hydrogen-bond donors (Lipinski definition) is 0. The van der Waals surface area contributed by atoms with Crippen molar-refractivity contribution in [3.63, 3.8) is 0 Å². The van der Waals surface area contributed by atoms with Crippen molar-refractivity contribution < 1.29 is 18.7 Å². The Bertz CT molecular complexity index is 435. The molecule has 20 heavy (non-hydrogen) atoms. The summed E-state index contributed by atoms with van der Waals surface area (Å²) >= 11 is 0. The molecule has 1 saturated carbocycles. The van der Waals surface area contributed by atoms with Crippen LogP contribution in [-0.4, -0.2) is 36.5 Å². The van der Waals surface area contributed by atoms with E-state index < -0.39 is 0 Å². The van der Waals surface area contributed by atoms with Crippen LogP contribution in [0.3, 0.4) is 0 Å². The summed E-state index contributed by atoms with van der Waals surface area (Å²) in [6.07, 6.45) is 7.18. The van der Waals surface area contributed by atoms with Crippen LogP contribution in [-0.2, 0) is 9.53 Å². The molecule has 0 N–H and O–H groups in total. The molecular weight excluding hydrogens is 258 g/mol. The van der Waals surface area contributed by atoms with Crippen LogP contribution >= 0.6 is 0 Å². The zero-order valence-electron chi connectivity index (χ0n) is 11.8. The second-order valence-corrected chi connectivity index (χ2v) is 5.09. The lowest BCUT2D eigenvalue weighted by molar-refractivity contribution is -0.140. The molecule has 0 radical (unpaired) electrons. The van der Waals surface area contributed by atoms with E-state index in [1.165, 1.54) is 19.8 Å². The average molecular weight is 279 g/mol. The van der Waals surface area contributed by atoms with E-state index in [0.717, 1.165) is 25.7 Å². The number of carbonyl (C=O) groups is 2. The molecule has 0 saturated heterocycles. The summed E-state index contributed by atoms with van der Waals surface area (Å²) in [5, 5.41) is 0. The highest BCUT2D eigenvalue weighted by atomic mass is 16.5. The van der Waals surface area contributed by atoms with Gasteiger partial charge in [-0.15, -0.1) is 0 Å². The maximum Gasteiger partial charge on any atom is 0.307 e. The van der Waals surface area contributed by atoms with Crippen LogP contribution in [0.2, 0.25) is 0 Å². The van der Waals surface area contributed by atoms with Crippen molar-refractivity contribution in [2.24, 2.45) is 0 Å². The number of nitrogens with zero attached hydrogens (tertiary/aromatic N) is 1. The average Bonchev–Trinajstić information content (AvgIpc) is 3.02. The fourth-order valence-electron chi connectivity index (χ4n) is 2.70. The van der Waals surface area contributed by atoms with Crippen LogP contribution in [0.1, 0.15) is 49.1 Å². The van der Waals surface area contributed by atoms with Crippen LogP contribution in [0.25, 0.3) is 0 Å². The van der Waals surface area contributed by atoms with E-state index in [0.29, 0.717) is 12.3 Å². The SMILES string of the molecule is COC(=O)CCN(C(=O)c1ccco1)C1CCCCC1. The molecule has 5 heteroatoms. The molecule has 110 valence electrons. The lowest BCUT2D eigenvalue weighted by atomic mass is 9.94. The summed E-state index contributed by atoms with van der Waals surface area (Å²) in [6.45, 7) is 0.386. The van der Waals surface area contributed by atoms with Crippen LogP contribution in [0.5, 0.6) is 0 Å². The summed E-state index contributed by atoms with van der Waals surface area (Å²) in [6, 6.07) is 3.56. The number of carbonyl (C=O) groups excluding carboxylic acids is 2. The molecule has 2 rings (SSSR count). The first-order chi connectivity index (χ1) is 9.72. The first-order valence-corrected chi connectivity index (χ1v) is 7.13. The third-order valence-corrected chi connectivity index (χ3v) is 3.79. The van der Waals surface area contributed by atoms with E-state index >= 15 is 0 Å². The maximum atomic E-state index is 12.5. The molecule has 0 bridgehead atoms. The van der Waals surface area contributed by atoms with Gasteiger partial charge in [-0.25, -0.2) is 0 Å². The zero-order chi connectivity index (χ0) is 14.4. The summed E-state index contributed by atoms with van der Waals surface area (Å²) in [7, 11) is 1.36. The number of ether oxygens (including phenoxy) is 1. The maximum absolute atomic E-state index is 12.5. The van der Waals surface area contributed by atoms with E-state index in [9.17, 15) is 9.59 Å². The number of furan rings is 1. The molecule has 1 fully saturated rings. The van der Waals surface area contributed by atoms with Crippen molar-refractivity contribution in [3.8, 4) is 0 Å². The lowest BCUT2D eigenvalue weighted by Gasteiger charge is -2.33. The van der Waals surface area contributed by atoms with Gasteiger partial charge in [-0.2, -0.15) is 0 Å². The molecule has 1 amide bonds. The predicted octanol–water partition coefficient (Wildman–Crippen LogP) is 2.62. The van der Waals surface area contributed by atoms with Gasteiger partial charge in [0.25, 0.3) is 5.91 Å². The first-order valence-electron chi connectivity index (χ1n) is 7.13. The van der Waals surface area contributed by atoms with Crippen LogP contribution < -0.4 is 0 Å². The number of rotatable bonds is 5. The molecule has 1 heterocycles. The Balaban J connectivity index is 2.06. The largest absolute Gasteiger partial charge is 0.469 e. The van der Waals surface area contributed by atoms with E-state index in [-0.39, 0.29) is 24.3 Å². The molecule has 1 aromatic rings. The molecule has 0 unspecified atom stereocenters. The van der Waals surface area contributed by atoms with Gasteiger partial charge in [0.2, 0.25) is 0 Å². The first kappa shape index (κ1) is 14.6. The number of amides is 1. The van der Waals surface area contributed by atoms with E-state index in [4.69, 9.17) is 4.42 Å². The van der Waals surface area contributed by atoms with Gasteiger partial charge in [-0.05, 0) is 25.0 Å². The summed E-state index contributed by atoms with van der Waals surface area (Å²) in [5.41, 5.74) is 0. The Morgan fingerprint density at radius 2 is 2.10 bits per heavy atom. The smallest absolute Gasteiger partial charge is 0.307 e. The molecule has 1 aliphatic rings. The fourth-order valence-corrected chi connectivity index (χ4v) is 2.70. The normalized spacial score (nSPS) is 15.8. The van der Waals surface area contributed by atoms with Crippen molar-refractivity contribution in [1.82, 2.24) is 4.90 Å². The van der Waals surface area contributed by atoms with Crippen molar-refractivity contribution in [2.45, 2.75) is 44.6 Å². The Morgan fingerprint density at radius 3 is 2.70 bits per heavy atom. The minimum absolute atomic E-state index is 0.134. The van der Waals surface area contributed by atoms with Crippen LogP contribution in [0, 0.1) is 0 Å². The highest BCUT2D eigenvalue weighted by Gasteiger charge is 2.28. The Kier molecular flexibility index (Phi) is 5.21. The van der Waals surface area contributed by atoms with Gasteiger partial charge in [-0.3, -0.25) is 9.59 Å². The molecule has 0 aliphatic heterocycles. The van der Waals surface area contributed by atoms with Crippen molar-refractivity contribution in [2.75, 3.05) is 13.7 Å². The lowest BCUT2D eigenvalue weighted by Crippen LogP contribution is -2.42. The minimum Gasteiger partial charge on any atom is -0.469 e. The van der Waals surface area contributed by atoms with E-state index in [1.807, 2.05) is 0 Å². The second kappa shape index (κ2) is 7.12. The van der Waals surface area contributed by atoms with Gasteiger partial charge in [0.15, 0.2) is 5.76 Å². The van der Waals surface area contributed by atoms with Crippen LogP contribution in [0.4, 0.5) is 0 Å². The molecule has 5 nitrogen and oxygen atoms in total. The number of hydrogen-bond acceptors (Lipinski definition) is 4. The molecule has 0 spiro atoms. The van der Waals surface area contributed by atoms with Gasteiger partial charge >= 0.3 is 5.97 Å². The zero-order valence-corrected chi connectivity index (χ0v) is 11.8. The van der Waals surface area contributed by atoms with Crippen molar-refractivity contribution >= 4 is 11.9 Å². The van der Waals surface area contributed by atoms with Gasteiger partial charge in [0, 0.05) is 12.6 Å². The van der Waals surface area contributed by atoms with E-state index in [1.54, 1.807) is 17.0 Å². The Morgan fingerprint density at radius 1 is 1.35 bits per heavy atom. The molecule has 0 aromatic carbocycles. The van der Waals surface area contributed by atoms with Gasteiger partial charge in [-0.1, -0.05) is 19.3 Å². The highest BCUT2D eigenvalue weighted by Crippen LogP contribution is 2.24. The summed E-state index contributed by atoms with van der Waals surface area (Å²) < 4.78 is 9.85. The predicted molar refractivity (Wildman–Crippen MR) is 73.3 cm³/mol. The van der Waals surface area contributed by atoms with Gasteiger partial charge in [0.1, 0.15) is 0 Å². The monoisotopic (exact) mass is 279 g/mol. The number of methoxy groups -OCH3 is 1. The molecular formula is C15H21NO4. The Hall–Kier alpha value is -1.78. The van der Waals surface area contributed by atoms with Gasteiger partial charge < -0.3 is 14.1 Å². The van der Waals surface area contributed by atoms with E-state index in [2.05, 4.69) is 4.74 Å². The minimum atomic E-state index is -0.293. The Labute approximate surface area is 118 Å². The molecule has 1 aliphatic carbocycles. The van der Waals surface area contributed by atoms with Crippen molar-refractivity contribution in [3.05, 3.63) is 24.2 Å². The third kappa shape index (κ3) is 3.62. The number of esters is 1. The second-order valence-electron chi connectivity index (χ2n) is 5.09.